The molecule has 182 valence electrons. The maximum atomic E-state index is 13.2. The van der Waals surface area contributed by atoms with Crippen molar-refractivity contribution in [2.75, 3.05) is 13.1 Å². The van der Waals surface area contributed by atoms with Crippen LogP contribution in [0, 0.1) is 18.7 Å². The van der Waals surface area contributed by atoms with Crippen LogP contribution in [0.5, 0.6) is 0 Å². The van der Waals surface area contributed by atoms with Crippen LogP contribution in [0.1, 0.15) is 51.8 Å². The van der Waals surface area contributed by atoms with E-state index in [1.807, 2.05) is 19.1 Å². The number of aryl methyl sites for hydroxylation is 1. The smallest absolute Gasteiger partial charge is 0.276 e. The molecule has 3 heterocycles. The van der Waals surface area contributed by atoms with Gasteiger partial charge in [-0.05, 0) is 43.0 Å². The van der Waals surface area contributed by atoms with E-state index in [1.54, 1.807) is 21.7 Å². The van der Waals surface area contributed by atoms with Crippen LogP contribution >= 0.6 is 0 Å². The quantitative estimate of drug-likeness (QED) is 0.610. The number of aromatic nitrogens is 3. The van der Waals surface area contributed by atoms with Crippen molar-refractivity contribution >= 4 is 11.8 Å². The maximum Gasteiger partial charge on any atom is 0.276 e. The number of carbonyl (C=O) groups excluding carboxylic acids is 2. The molecule has 1 N–H and O–H groups in total. The van der Waals surface area contributed by atoms with E-state index in [1.165, 1.54) is 17.7 Å². The Labute approximate surface area is 203 Å². The Bertz CT molecular complexity index is 1200. The fourth-order valence-corrected chi connectivity index (χ4v) is 4.59. The molecule has 2 aliphatic heterocycles. The molecule has 9 heteroatoms. The van der Waals surface area contributed by atoms with Gasteiger partial charge in [0.05, 0.1) is 18.8 Å². The number of likely N-dealkylation sites (tertiary alicyclic amines) is 1. The Morgan fingerprint density at radius 3 is 2.51 bits per heavy atom. The van der Waals surface area contributed by atoms with Gasteiger partial charge in [0.25, 0.3) is 5.91 Å². The van der Waals surface area contributed by atoms with Gasteiger partial charge < -0.3 is 15.0 Å². The van der Waals surface area contributed by atoms with Gasteiger partial charge in [0, 0.05) is 25.6 Å². The van der Waals surface area contributed by atoms with Crippen LogP contribution in [0.15, 0.2) is 48.5 Å². The molecule has 5 rings (SSSR count). The lowest BCUT2D eigenvalue weighted by molar-refractivity contribution is -0.126. The van der Waals surface area contributed by atoms with E-state index in [-0.39, 0.29) is 36.3 Å². The summed E-state index contributed by atoms with van der Waals surface area (Å²) >= 11 is 0. The lowest BCUT2D eigenvalue weighted by Gasteiger charge is -2.31. The predicted molar refractivity (Wildman–Crippen MR) is 126 cm³/mol. The van der Waals surface area contributed by atoms with E-state index in [0.29, 0.717) is 50.4 Å². The first-order chi connectivity index (χ1) is 17.0. The number of amides is 2. The summed E-state index contributed by atoms with van der Waals surface area (Å²) in [5, 5.41) is 11.3. The number of benzene rings is 2. The van der Waals surface area contributed by atoms with Gasteiger partial charge in [-0.2, -0.15) is 0 Å². The van der Waals surface area contributed by atoms with Gasteiger partial charge in [-0.15, -0.1) is 5.10 Å². The SMILES string of the molecule is Cc1ccc([C@@H]2Cn3nnc(C(=O)N4CCC(C(=O)NCc5ccc(F)cc5)CC4)c3CO2)cc1. The molecule has 0 saturated carbocycles. The third-order valence-electron chi connectivity index (χ3n) is 6.78. The Morgan fingerprint density at radius 2 is 1.80 bits per heavy atom. The molecule has 1 aromatic heterocycles. The van der Waals surface area contributed by atoms with Crippen molar-refractivity contribution in [3.63, 3.8) is 0 Å². The Hall–Kier alpha value is -3.59. The van der Waals surface area contributed by atoms with E-state index in [9.17, 15) is 14.0 Å². The van der Waals surface area contributed by atoms with Crippen molar-refractivity contribution in [2.24, 2.45) is 5.92 Å². The van der Waals surface area contributed by atoms with Crippen molar-refractivity contribution in [1.82, 2.24) is 25.2 Å². The molecule has 1 saturated heterocycles. The number of carbonyl (C=O) groups is 2. The van der Waals surface area contributed by atoms with Crippen LogP contribution in [-0.2, 0) is 29.2 Å². The van der Waals surface area contributed by atoms with Crippen LogP contribution < -0.4 is 5.32 Å². The fraction of sp³-hybridized carbons (Fsp3) is 0.385. The molecule has 0 aliphatic carbocycles. The lowest BCUT2D eigenvalue weighted by atomic mass is 9.95. The zero-order valence-corrected chi connectivity index (χ0v) is 19.6. The van der Waals surface area contributed by atoms with Gasteiger partial charge >= 0.3 is 0 Å². The van der Waals surface area contributed by atoms with Crippen molar-refractivity contribution in [1.29, 1.82) is 0 Å². The van der Waals surface area contributed by atoms with Crippen LogP contribution in [0.2, 0.25) is 0 Å². The van der Waals surface area contributed by atoms with Crippen LogP contribution in [0.25, 0.3) is 0 Å². The van der Waals surface area contributed by atoms with Gasteiger partial charge in [-0.1, -0.05) is 47.2 Å². The zero-order chi connectivity index (χ0) is 24.4. The largest absolute Gasteiger partial charge is 0.365 e. The van der Waals surface area contributed by atoms with E-state index in [0.717, 1.165) is 11.1 Å². The van der Waals surface area contributed by atoms with E-state index < -0.39 is 0 Å². The van der Waals surface area contributed by atoms with E-state index >= 15 is 0 Å². The molecule has 1 fully saturated rings. The zero-order valence-electron chi connectivity index (χ0n) is 19.6. The number of hydrogen-bond acceptors (Lipinski definition) is 5. The Balaban J connectivity index is 1.15. The summed E-state index contributed by atoms with van der Waals surface area (Å²) in [4.78, 5) is 27.5. The fourth-order valence-electron chi connectivity index (χ4n) is 4.59. The number of fused-ring (bicyclic) bond motifs is 1. The molecular formula is C26H28FN5O3. The molecule has 3 aromatic rings. The third kappa shape index (κ3) is 5.09. The average Bonchev–Trinajstić information content (AvgIpc) is 3.31. The number of hydrogen-bond donors (Lipinski definition) is 1. The highest BCUT2D eigenvalue weighted by Crippen LogP contribution is 2.28. The van der Waals surface area contributed by atoms with Gasteiger partial charge in [-0.3, -0.25) is 9.59 Å². The molecule has 35 heavy (non-hydrogen) atoms. The standard InChI is InChI=1S/C26H28FN5O3/c1-17-2-6-19(7-3-17)23-15-32-22(16-35-23)24(29-30-32)26(34)31-12-10-20(11-13-31)25(33)28-14-18-4-8-21(27)9-5-18/h2-9,20,23H,10-16H2,1H3,(H,28,33)/t23-/m0/s1. The van der Waals surface area contributed by atoms with Gasteiger partial charge in [0.1, 0.15) is 11.9 Å². The van der Waals surface area contributed by atoms with Crippen molar-refractivity contribution < 1.29 is 18.7 Å². The summed E-state index contributed by atoms with van der Waals surface area (Å²) in [5.74, 6) is -0.678. The number of piperidine rings is 1. The topological polar surface area (TPSA) is 89.4 Å². The summed E-state index contributed by atoms with van der Waals surface area (Å²) in [6.45, 7) is 4.14. The number of halogens is 1. The lowest BCUT2D eigenvalue weighted by Crippen LogP contribution is -2.43. The summed E-state index contributed by atoms with van der Waals surface area (Å²) < 4.78 is 20.8. The minimum atomic E-state index is -0.302. The first kappa shape index (κ1) is 23.2. The summed E-state index contributed by atoms with van der Waals surface area (Å²) in [7, 11) is 0. The minimum Gasteiger partial charge on any atom is -0.365 e. The van der Waals surface area contributed by atoms with Gasteiger partial charge in [0.15, 0.2) is 5.69 Å². The normalized spacial score (nSPS) is 18.2. The van der Waals surface area contributed by atoms with Gasteiger partial charge in [0.2, 0.25) is 5.91 Å². The molecule has 0 unspecified atom stereocenters. The molecular weight excluding hydrogens is 449 g/mol. The second-order valence-corrected chi connectivity index (χ2v) is 9.19. The Kier molecular flexibility index (Phi) is 6.59. The van der Waals surface area contributed by atoms with Crippen LogP contribution in [0.4, 0.5) is 4.39 Å². The molecule has 0 bridgehead atoms. The summed E-state index contributed by atoms with van der Waals surface area (Å²) in [6.07, 6.45) is 1.03. The number of nitrogens with zero attached hydrogens (tertiary/aromatic N) is 4. The van der Waals surface area contributed by atoms with Crippen molar-refractivity contribution in [3.8, 4) is 0 Å². The number of ether oxygens (including phenoxy) is 1. The highest BCUT2D eigenvalue weighted by Gasteiger charge is 2.33. The third-order valence-corrected chi connectivity index (χ3v) is 6.78. The van der Waals surface area contributed by atoms with Crippen LogP contribution in [0.3, 0.4) is 0 Å². The van der Waals surface area contributed by atoms with Gasteiger partial charge in [-0.25, -0.2) is 9.07 Å². The molecule has 2 aromatic carbocycles. The minimum absolute atomic E-state index is 0.0435. The second-order valence-electron chi connectivity index (χ2n) is 9.19. The molecule has 2 amide bonds. The van der Waals surface area contributed by atoms with Crippen LogP contribution in [-0.4, -0.2) is 44.8 Å². The van der Waals surface area contributed by atoms with Crippen molar-refractivity contribution in [2.45, 2.75) is 45.6 Å². The first-order valence-corrected chi connectivity index (χ1v) is 11.9. The highest BCUT2D eigenvalue weighted by molar-refractivity contribution is 5.93. The monoisotopic (exact) mass is 477 g/mol. The summed E-state index contributed by atoms with van der Waals surface area (Å²) in [5.41, 5.74) is 4.12. The predicted octanol–water partition coefficient (Wildman–Crippen LogP) is 3.17. The van der Waals surface area contributed by atoms with Crippen molar-refractivity contribution in [3.05, 3.63) is 82.4 Å². The number of nitrogens with one attached hydrogen (secondary N) is 1. The molecule has 0 spiro atoms. The Morgan fingerprint density at radius 1 is 1.09 bits per heavy atom. The molecule has 2 aliphatic rings. The molecule has 0 radical (unpaired) electrons. The second kappa shape index (κ2) is 9.95. The van der Waals surface area contributed by atoms with E-state index in [4.69, 9.17) is 4.74 Å². The average molecular weight is 478 g/mol. The number of rotatable bonds is 5. The highest BCUT2D eigenvalue weighted by atomic mass is 19.1. The first-order valence-electron chi connectivity index (χ1n) is 11.9. The maximum absolute atomic E-state index is 13.2. The molecule has 8 nitrogen and oxygen atoms in total. The van der Waals surface area contributed by atoms with E-state index in [2.05, 4.69) is 27.8 Å². The summed E-state index contributed by atoms with van der Waals surface area (Å²) in [6, 6.07) is 14.3. The molecule has 1 atom stereocenters.